The van der Waals surface area contributed by atoms with Crippen LogP contribution in [0.15, 0.2) is 30.6 Å². The molecule has 1 aromatic carbocycles. The number of nitrogens with zero attached hydrogens (tertiary/aromatic N) is 2. The van der Waals surface area contributed by atoms with Crippen LogP contribution in [0.1, 0.15) is 11.1 Å². The summed E-state index contributed by atoms with van der Waals surface area (Å²) in [6.45, 7) is 0.357. The Balaban J connectivity index is 1.72. The highest BCUT2D eigenvalue weighted by Gasteiger charge is 2.31. The molecule has 3 aromatic rings. The zero-order valence-corrected chi connectivity index (χ0v) is 15.9. The van der Waals surface area contributed by atoms with Crippen molar-refractivity contribution in [3.8, 4) is 5.88 Å². The molecule has 0 unspecified atom stereocenters. The summed E-state index contributed by atoms with van der Waals surface area (Å²) in [4.78, 5) is 7.09. The Labute approximate surface area is 160 Å². The molecule has 0 atom stereocenters. The second-order valence-electron chi connectivity index (χ2n) is 5.86. The van der Waals surface area contributed by atoms with Crippen LogP contribution < -0.4 is 9.46 Å². The van der Waals surface area contributed by atoms with Crippen LogP contribution in [-0.2, 0) is 23.3 Å². The van der Waals surface area contributed by atoms with E-state index in [0.717, 1.165) is 11.1 Å². The molecule has 2 N–H and O–H groups in total. The summed E-state index contributed by atoms with van der Waals surface area (Å²) in [6.07, 6.45) is 3.17. The maximum absolute atomic E-state index is 12.7. The number of anilines is 1. The number of pyridine rings is 1. The highest BCUT2D eigenvalue weighted by Crippen LogP contribution is 2.40. The molecule has 0 amide bonds. The molecule has 136 valence electrons. The van der Waals surface area contributed by atoms with Gasteiger partial charge >= 0.3 is 10.2 Å². The molecule has 0 spiro atoms. The first-order valence-corrected chi connectivity index (χ1v) is 9.83. The molecule has 26 heavy (non-hydrogen) atoms. The SMILES string of the molecule is COc1ccc(CN2Cc3cc(Cl)c4c(Cl)c[nH]c4c3NS2(=O)=O)cn1. The van der Waals surface area contributed by atoms with Gasteiger partial charge in [0.25, 0.3) is 0 Å². The average Bonchev–Trinajstić information content (AvgIpc) is 3.00. The van der Waals surface area contributed by atoms with Crippen molar-refractivity contribution in [2.45, 2.75) is 13.1 Å². The molecule has 10 heteroatoms. The molecule has 4 rings (SSSR count). The summed E-state index contributed by atoms with van der Waals surface area (Å²) < 4.78 is 34.4. The fourth-order valence-electron chi connectivity index (χ4n) is 2.97. The van der Waals surface area contributed by atoms with E-state index in [-0.39, 0.29) is 13.1 Å². The number of hydrogen-bond donors (Lipinski definition) is 2. The second kappa shape index (κ2) is 6.31. The number of aromatic amines is 1. The molecule has 0 saturated heterocycles. The van der Waals surface area contributed by atoms with E-state index in [0.29, 0.717) is 32.5 Å². The Morgan fingerprint density at radius 2 is 2.12 bits per heavy atom. The highest BCUT2D eigenvalue weighted by molar-refractivity contribution is 7.90. The standard InChI is InChI=1S/C16H14Cl2N4O3S/c1-25-13-3-2-9(5-19-13)7-22-8-10-4-11(17)14-12(18)6-20-16(14)15(10)21-26(22,23)24/h2-6,20-21H,7-8H2,1H3. The lowest BCUT2D eigenvalue weighted by molar-refractivity contribution is 0.391. The third-order valence-electron chi connectivity index (χ3n) is 4.23. The lowest BCUT2D eigenvalue weighted by Gasteiger charge is -2.29. The molecule has 7 nitrogen and oxygen atoms in total. The molecule has 0 fully saturated rings. The van der Waals surface area contributed by atoms with E-state index >= 15 is 0 Å². The molecule has 0 aliphatic carbocycles. The van der Waals surface area contributed by atoms with Gasteiger partial charge in [0.05, 0.1) is 28.4 Å². The monoisotopic (exact) mass is 412 g/mol. The molecule has 2 aromatic heterocycles. The van der Waals surface area contributed by atoms with Gasteiger partial charge in [0.1, 0.15) is 0 Å². The van der Waals surface area contributed by atoms with Crippen LogP contribution in [0.2, 0.25) is 10.0 Å². The van der Waals surface area contributed by atoms with E-state index in [1.165, 1.54) is 11.4 Å². The van der Waals surface area contributed by atoms with Gasteiger partial charge in [0, 0.05) is 36.9 Å². The second-order valence-corrected chi connectivity index (χ2v) is 8.35. The molecule has 0 saturated carbocycles. The number of hydrogen-bond acceptors (Lipinski definition) is 4. The van der Waals surface area contributed by atoms with Gasteiger partial charge in [-0.05, 0) is 17.2 Å². The van der Waals surface area contributed by atoms with E-state index in [4.69, 9.17) is 27.9 Å². The van der Waals surface area contributed by atoms with Gasteiger partial charge in [0.2, 0.25) is 5.88 Å². The molecule has 0 radical (unpaired) electrons. The quantitative estimate of drug-likeness (QED) is 0.688. The lowest BCUT2D eigenvalue weighted by atomic mass is 10.1. The molecule has 1 aliphatic heterocycles. The third kappa shape index (κ3) is 2.88. The zero-order valence-electron chi connectivity index (χ0n) is 13.6. The first kappa shape index (κ1) is 17.4. The molecule has 0 bridgehead atoms. The van der Waals surface area contributed by atoms with Gasteiger partial charge < -0.3 is 9.72 Å². The van der Waals surface area contributed by atoms with E-state index in [9.17, 15) is 8.42 Å². The minimum Gasteiger partial charge on any atom is -0.481 e. The first-order valence-electron chi connectivity index (χ1n) is 7.64. The van der Waals surface area contributed by atoms with Crippen molar-refractivity contribution in [2.24, 2.45) is 0 Å². The number of H-pyrrole nitrogens is 1. The Hall–Kier alpha value is -2.00. The van der Waals surface area contributed by atoms with Crippen LogP contribution in [0, 0.1) is 0 Å². The molecular weight excluding hydrogens is 399 g/mol. The van der Waals surface area contributed by atoms with E-state index in [1.807, 2.05) is 0 Å². The van der Waals surface area contributed by atoms with Crippen molar-refractivity contribution in [3.05, 3.63) is 51.8 Å². The Morgan fingerprint density at radius 1 is 1.31 bits per heavy atom. The van der Waals surface area contributed by atoms with Crippen molar-refractivity contribution < 1.29 is 13.2 Å². The predicted octanol–water partition coefficient (Wildman–Crippen LogP) is 3.55. The maximum Gasteiger partial charge on any atom is 0.302 e. The van der Waals surface area contributed by atoms with Crippen molar-refractivity contribution in [2.75, 3.05) is 11.8 Å². The normalized spacial score (nSPS) is 16.3. The van der Waals surface area contributed by atoms with Crippen molar-refractivity contribution in [1.29, 1.82) is 0 Å². The van der Waals surface area contributed by atoms with Crippen molar-refractivity contribution >= 4 is 50.0 Å². The maximum atomic E-state index is 12.7. The van der Waals surface area contributed by atoms with Crippen LogP contribution >= 0.6 is 23.2 Å². The fraction of sp³-hybridized carbons (Fsp3) is 0.188. The number of methoxy groups -OCH3 is 1. The summed E-state index contributed by atoms with van der Waals surface area (Å²) in [5, 5.41) is 1.51. The third-order valence-corrected chi connectivity index (χ3v) is 6.22. The molecule has 1 aliphatic rings. The predicted molar refractivity (Wildman–Crippen MR) is 101 cm³/mol. The number of aromatic nitrogens is 2. The van der Waals surface area contributed by atoms with E-state index in [1.54, 1.807) is 30.6 Å². The number of nitrogens with one attached hydrogen (secondary N) is 2. The Bertz CT molecular complexity index is 1100. The average molecular weight is 413 g/mol. The Morgan fingerprint density at radius 3 is 2.81 bits per heavy atom. The van der Waals surface area contributed by atoms with Gasteiger partial charge in [-0.3, -0.25) is 4.72 Å². The minimum atomic E-state index is -3.73. The van der Waals surface area contributed by atoms with Gasteiger partial charge in [-0.15, -0.1) is 0 Å². The summed E-state index contributed by atoms with van der Waals surface area (Å²) in [5.74, 6) is 0.469. The van der Waals surface area contributed by atoms with Crippen LogP contribution in [0.4, 0.5) is 5.69 Å². The first-order chi connectivity index (χ1) is 12.4. The lowest BCUT2D eigenvalue weighted by Crippen LogP contribution is -2.39. The van der Waals surface area contributed by atoms with E-state index < -0.39 is 10.2 Å². The highest BCUT2D eigenvalue weighted by atomic mass is 35.5. The van der Waals surface area contributed by atoms with Crippen LogP contribution in [0.5, 0.6) is 5.88 Å². The van der Waals surface area contributed by atoms with Crippen LogP contribution in [0.3, 0.4) is 0 Å². The van der Waals surface area contributed by atoms with Gasteiger partial charge in [-0.1, -0.05) is 29.3 Å². The number of benzene rings is 1. The number of ether oxygens (including phenoxy) is 1. The largest absolute Gasteiger partial charge is 0.481 e. The van der Waals surface area contributed by atoms with Crippen molar-refractivity contribution in [3.63, 3.8) is 0 Å². The summed E-state index contributed by atoms with van der Waals surface area (Å²) in [5.41, 5.74) is 2.55. The number of fused-ring (bicyclic) bond motifs is 3. The number of halogens is 2. The van der Waals surface area contributed by atoms with Crippen LogP contribution in [-0.4, -0.2) is 29.8 Å². The smallest absolute Gasteiger partial charge is 0.302 e. The minimum absolute atomic E-state index is 0.174. The number of rotatable bonds is 3. The van der Waals surface area contributed by atoms with Gasteiger partial charge in [-0.2, -0.15) is 12.7 Å². The Kier molecular flexibility index (Phi) is 4.23. The van der Waals surface area contributed by atoms with Gasteiger partial charge in [0.15, 0.2) is 0 Å². The van der Waals surface area contributed by atoms with E-state index in [2.05, 4.69) is 14.7 Å². The summed E-state index contributed by atoms with van der Waals surface area (Å²) in [7, 11) is -2.20. The fourth-order valence-corrected chi connectivity index (χ4v) is 4.84. The van der Waals surface area contributed by atoms with Crippen molar-refractivity contribution in [1.82, 2.24) is 14.3 Å². The zero-order chi connectivity index (χ0) is 18.5. The van der Waals surface area contributed by atoms with Gasteiger partial charge in [-0.25, -0.2) is 4.98 Å². The topological polar surface area (TPSA) is 87.3 Å². The van der Waals surface area contributed by atoms with Crippen LogP contribution in [0.25, 0.3) is 10.9 Å². The summed E-state index contributed by atoms with van der Waals surface area (Å²) in [6, 6.07) is 5.20. The summed E-state index contributed by atoms with van der Waals surface area (Å²) >= 11 is 12.5. The molecular formula is C16H14Cl2N4O3S. The molecule has 3 heterocycles.